The van der Waals surface area contributed by atoms with E-state index in [2.05, 4.69) is 0 Å². The van der Waals surface area contributed by atoms with Crippen molar-refractivity contribution in [2.45, 2.75) is 24.9 Å². The normalized spacial score (nSPS) is 14.5. The van der Waals surface area contributed by atoms with Gasteiger partial charge in [0.25, 0.3) is 5.91 Å². The molecule has 0 bridgehead atoms. The fourth-order valence-electron chi connectivity index (χ4n) is 4.92. The standard InChI is InChI=1S/C33H27Cl3N2O7S/c1-20-31(33(40)44-3)28(32(39)38(20)23-7-9-24(43-2)10-8-23)17-25-11-12-26(45-25)19-37(18-21-4-15-29(35)30(36)16-21)46(41,42)27-13-5-22(34)6-14-27/h4-17H,18-19H2,1-3H3/b28-17+. The van der Waals surface area contributed by atoms with E-state index < -0.39 is 21.9 Å². The number of carbonyl (C=O) groups excluding carboxylic acids is 2. The van der Waals surface area contributed by atoms with Crippen LogP contribution < -0.4 is 9.64 Å². The lowest BCUT2D eigenvalue weighted by molar-refractivity contribution is -0.136. The molecule has 4 aromatic rings. The Hall–Kier alpha value is -4.06. The molecule has 238 valence electrons. The first-order chi connectivity index (χ1) is 21.9. The Bertz CT molecular complexity index is 1970. The number of nitrogens with zero attached hydrogens (tertiary/aromatic N) is 2. The van der Waals surface area contributed by atoms with Crippen LogP contribution in [0.5, 0.6) is 5.75 Å². The number of methoxy groups -OCH3 is 2. The van der Waals surface area contributed by atoms with Gasteiger partial charge >= 0.3 is 5.97 Å². The van der Waals surface area contributed by atoms with Crippen LogP contribution in [0.3, 0.4) is 0 Å². The van der Waals surface area contributed by atoms with E-state index in [0.29, 0.717) is 32.7 Å². The lowest BCUT2D eigenvalue weighted by Crippen LogP contribution is -2.30. The maximum absolute atomic E-state index is 13.8. The van der Waals surface area contributed by atoms with E-state index in [4.69, 9.17) is 48.7 Å². The first-order valence-corrected chi connectivity index (χ1v) is 16.3. The van der Waals surface area contributed by atoms with Crippen molar-refractivity contribution < 1.29 is 31.9 Å². The van der Waals surface area contributed by atoms with Crippen LogP contribution in [0.15, 0.2) is 105 Å². The van der Waals surface area contributed by atoms with Crippen molar-refractivity contribution in [3.63, 3.8) is 0 Å². The van der Waals surface area contributed by atoms with E-state index in [9.17, 15) is 18.0 Å². The fraction of sp³-hybridized carbons (Fsp3) is 0.152. The maximum atomic E-state index is 13.8. The number of furan rings is 1. The molecule has 1 aliphatic rings. The predicted octanol–water partition coefficient (Wildman–Crippen LogP) is 7.52. The van der Waals surface area contributed by atoms with Crippen molar-refractivity contribution in [2.75, 3.05) is 19.1 Å². The molecule has 0 unspecified atom stereocenters. The first-order valence-electron chi connectivity index (χ1n) is 13.7. The minimum Gasteiger partial charge on any atom is -0.497 e. The number of esters is 1. The molecule has 0 saturated heterocycles. The average Bonchev–Trinajstić information content (AvgIpc) is 3.58. The molecule has 0 saturated carbocycles. The van der Waals surface area contributed by atoms with Gasteiger partial charge in [-0.2, -0.15) is 4.31 Å². The first kappa shape index (κ1) is 33.3. The molecule has 0 atom stereocenters. The molecule has 9 nitrogen and oxygen atoms in total. The van der Waals surface area contributed by atoms with Crippen molar-refractivity contribution in [1.29, 1.82) is 0 Å². The molecule has 1 amide bonds. The van der Waals surface area contributed by atoms with Gasteiger partial charge < -0.3 is 13.9 Å². The molecular formula is C33H27Cl3N2O7S. The summed E-state index contributed by atoms with van der Waals surface area (Å²) in [5.74, 6) is -0.0468. The monoisotopic (exact) mass is 700 g/mol. The van der Waals surface area contributed by atoms with E-state index in [1.165, 1.54) is 53.8 Å². The van der Waals surface area contributed by atoms with Gasteiger partial charge in [-0.25, -0.2) is 13.2 Å². The van der Waals surface area contributed by atoms with E-state index in [0.717, 1.165) is 0 Å². The smallest absolute Gasteiger partial charge is 0.340 e. The van der Waals surface area contributed by atoms with Crippen LogP contribution in [-0.4, -0.2) is 38.8 Å². The van der Waals surface area contributed by atoms with Crippen LogP contribution in [-0.2, 0) is 37.4 Å². The van der Waals surface area contributed by atoms with E-state index in [1.54, 1.807) is 61.5 Å². The Balaban J connectivity index is 1.48. The van der Waals surface area contributed by atoms with E-state index in [1.807, 2.05) is 0 Å². The van der Waals surface area contributed by atoms with E-state index >= 15 is 0 Å². The molecule has 3 aromatic carbocycles. The number of anilines is 1. The van der Waals surface area contributed by atoms with Crippen LogP contribution >= 0.6 is 34.8 Å². The minimum absolute atomic E-state index is 0.0318. The highest BCUT2D eigenvalue weighted by molar-refractivity contribution is 7.89. The molecule has 46 heavy (non-hydrogen) atoms. The summed E-state index contributed by atoms with van der Waals surface area (Å²) in [4.78, 5) is 27.9. The van der Waals surface area contributed by atoms with Gasteiger partial charge in [-0.15, -0.1) is 0 Å². The van der Waals surface area contributed by atoms with Crippen molar-refractivity contribution in [3.05, 3.63) is 128 Å². The van der Waals surface area contributed by atoms with E-state index in [-0.39, 0.29) is 45.7 Å². The summed E-state index contributed by atoms with van der Waals surface area (Å²) in [5, 5.41) is 1.01. The second-order valence-corrected chi connectivity index (χ2v) is 13.3. The molecule has 0 radical (unpaired) electrons. The Morgan fingerprint density at radius 3 is 2.24 bits per heavy atom. The summed E-state index contributed by atoms with van der Waals surface area (Å²) in [6.45, 7) is 1.42. The number of hydrogen-bond acceptors (Lipinski definition) is 7. The number of ether oxygens (including phenoxy) is 2. The van der Waals surface area contributed by atoms with Crippen LogP contribution in [0.2, 0.25) is 15.1 Å². The molecule has 1 aliphatic heterocycles. The van der Waals surface area contributed by atoms with Crippen LogP contribution in [0.25, 0.3) is 6.08 Å². The third-order valence-corrected chi connectivity index (χ3v) is 10.0. The molecule has 1 aromatic heterocycles. The zero-order chi connectivity index (χ0) is 33.2. The van der Waals surface area contributed by atoms with Crippen molar-refractivity contribution in [1.82, 2.24) is 4.31 Å². The Kier molecular flexibility index (Phi) is 9.95. The highest BCUT2D eigenvalue weighted by Crippen LogP contribution is 2.36. The van der Waals surface area contributed by atoms with Crippen molar-refractivity contribution in [2.24, 2.45) is 0 Å². The summed E-state index contributed by atoms with van der Waals surface area (Å²) in [6.07, 6.45) is 1.43. The molecule has 0 fully saturated rings. The number of carbonyl (C=O) groups is 2. The Morgan fingerprint density at radius 2 is 1.61 bits per heavy atom. The third kappa shape index (κ3) is 6.86. The summed E-state index contributed by atoms with van der Waals surface area (Å²) < 4.78 is 45.0. The number of amides is 1. The van der Waals surface area contributed by atoms with Crippen molar-refractivity contribution >= 4 is 68.5 Å². The second kappa shape index (κ2) is 13.7. The Morgan fingerprint density at radius 1 is 0.913 bits per heavy atom. The van der Waals surface area contributed by atoms with Gasteiger partial charge in [-0.1, -0.05) is 40.9 Å². The molecular weight excluding hydrogens is 675 g/mol. The molecule has 0 N–H and O–H groups in total. The van der Waals surface area contributed by atoms with Crippen LogP contribution in [0.4, 0.5) is 5.69 Å². The van der Waals surface area contributed by atoms with Gasteiger partial charge in [0.1, 0.15) is 17.3 Å². The second-order valence-electron chi connectivity index (χ2n) is 10.1. The molecule has 2 heterocycles. The Labute approximate surface area is 281 Å². The fourth-order valence-corrected chi connectivity index (χ4v) is 6.76. The summed E-state index contributed by atoms with van der Waals surface area (Å²) in [6, 6.07) is 20.7. The number of allylic oxidation sites excluding steroid dienone is 1. The summed E-state index contributed by atoms with van der Waals surface area (Å²) >= 11 is 18.3. The average molecular weight is 702 g/mol. The van der Waals surface area contributed by atoms with Crippen LogP contribution in [0.1, 0.15) is 24.0 Å². The summed E-state index contributed by atoms with van der Waals surface area (Å²) in [7, 11) is -1.28. The number of sulfonamides is 1. The van der Waals surface area contributed by atoms with Crippen LogP contribution in [0, 0.1) is 0 Å². The van der Waals surface area contributed by atoms with Gasteiger partial charge in [0.15, 0.2) is 0 Å². The largest absolute Gasteiger partial charge is 0.497 e. The van der Waals surface area contributed by atoms with Gasteiger partial charge in [0.2, 0.25) is 10.0 Å². The third-order valence-electron chi connectivity index (χ3n) is 7.22. The van der Waals surface area contributed by atoms with Gasteiger partial charge in [-0.05, 0) is 91.4 Å². The lowest BCUT2D eigenvalue weighted by Gasteiger charge is -2.22. The quantitative estimate of drug-likeness (QED) is 0.124. The highest BCUT2D eigenvalue weighted by atomic mass is 35.5. The SMILES string of the molecule is COC(=O)C1=C(C)N(c2ccc(OC)cc2)C(=O)/C1=C/c1ccc(CN(Cc2ccc(Cl)c(Cl)c2)S(=O)(=O)c2ccc(Cl)cc2)o1. The summed E-state index contributed by atoms with van der Waals surface area (Å²) in [5.41, 5.74) is 1.63. The van der Waals surface area contributed by atoms with Gasteiger partial charge in [0, 0.05) is 23.0 Å². The number of benzene rings is 3. The van der Waals surface area contributed by atoms with Gasteiger partial charge in [0.05, 0.1) is 46.9 Å². The highest BCUT2D eigenvalue weighted by Gasteiger charge is 2.38. The molecule has 0 spiro atoms. The van der Waals surface area contributed by atoms with Crippen molar-refractivity contribution in [3.8, 4) is 5.75 Å². The maximum Gasteiger partial charge on any atom is 0.340 e. The topological polar surface area (TPSA) is 106 Å². The number of halogens is 3. The van der Waals surface area contributed by atoms with Gasteiger partial charge in [-0.3, -0.25) is 9.69 Å². The lowest BCUT2D eigenvalue weighted by atomic mass is 10.1. The number of rotatable bonds is 10. The predicted molar refractivity (Wildman–Crippen MR) is 176 cm³/mol. The zero-order valence-corrected chi connectivity index (χ0v) is 27.9. The molecule has 0 aliphatic carbocycles. The molecule has 13 heteroatoms. The zero-order valence-electron chi connectivity index (χ0n) is 24.8. The minimum atomic E-state index is -4.05. The molecule has 5 rings (SSSR count). The number of hydrogen-bond donors (Lipinski definition) is 0.